The fourth-order valence-corrected chi connectivity index (χ4v) is 2.07. The Labute approximate surface area is 88.5 Å². The van der Waals surface area contributed by atoms with Crippen molar-refractivity contribution >= 4 is 5.91 Å². The van der Waals surface area contributed by atoms with E-state index in [2.05, 4.69) is 5.32 Å². The Morgan fingerprint density at radius 3 is 2.40 bits per heavy atom. The molecule has 1 fully saturated rings. The number of halogens is 1. The van der Waals surface area contributed by atoms with Crippen molar-refractivity contribution in [2.75, 3.05) is 6.54 Å². The monoisotopic (exact) mass is 207 g/mol. The molecule has 0 aliphatic carbocycles. The molecule has 1 aromatic carbocycles. The van der Waals surface area contributed by atoms with Crippen LogP contribution >= 0.6 is 0 Å². The van der Waals surface area contributed by atoms with Crippen LogP contribution in [0, 0.1) is 11.2 Å². The second-order valence-electron chi connectivity index (χ2n) is 4.54. The molecule has 1 aliphatic rings. The fourth-order valence-electron chi connectivity index (χ4n) is 2.07. The largest absolute Gasteiger partial charge is 0.355 e. The molecule has 1 saturated heterocycles. The zero-order valence-electron chi connectivity index (χ0n) is 8.88. The number of hydrogen-bond acceptors (Lipinski definition) is 1. The third kappa shape index (κ3) is 1.62. The van der Waals surface area contributed by atoms with Crippen LogP contribution in [0.25, 0.3) is 0 Å². The first-order valence-corrected chi connectivity index (χ1v) is 5.05. The molecule has 0 bridgehead atoms. The quantitative estimate of drug-likeness (QED) is 0.750. The maximum Gasteiger partial charge on any atom is 0.226 e. The molecule has 0 aromatic heterocycles. The molecule has 15 heavy (non-hydrogen) atoms. The van der Waals surface area contributed by atoms with Gasteiger partial charge in [-0.25, -0.2) is 4.39 Å². The van der Waals surface area contributed by atoms with Crippen molar-refractivity contribution in [3.05, 3.63) is 35.6 Å². The van der Waals surface area contributed by atoms with Gasteiger partial charge in [-0.2, -0.15) is 0 Å². The number of benzene rings is 1. The van der Waals surface area contributed by atoms with E-state index in [0.29, 0.717) is 6.54 Å². The zero-order chi connectivity index (χ0) is 11.1. The molecule has 2 rings (SSSR count). The highest BCUT2D eigenvalue weighted by molar-refractivity contribution is 5.85. The highest BCUT2D eigenvalue weighted by atomic mass is 19.1. The average Bonchev–Trinajstić information content (AvgIpc) is 2.44. The normalized spacial score (nSPS) is 23.9. The first-order valence-electron chi connectivity index (χ1n) is 5.05. The lowest BCUT2D eigenvalue weighted by molar-refractivity contribution is -0.126. The molecule has 1 aromatic rings. The molecule has 1 heterocycles. The SMILES string of the molecule is CC1(C)C(=O)NCC1c1ccc(F)cc1. The maximum absolute atomic E-state index is 12.8. The summed E-state index contributed by atoms with van der Waals surface area (Å²) in [6.45, 7) is 4.48. The van der Waals surface area contributed by atoms with Gasteiger partial charge in [-0.15, -0.1) is 0 Å². The van der Waals surface area contributed by atoms with E-state index in [4.69, 9.17) is 0 Å². The van der Waals surface area contributed by atoms with E-state index >= 15 is 0 Å². The number of hydrogen-bond donors (Lipinski definition) is 1. The average molecular weight is 207 g/mol. The van der Waals surface area contributed by atoms with Crippen LogP contribution in [0.5, 0.6) is 0 Å². The molecule has 1 atom stereocenters. The summed E-state index contributed by atoms with van der Waals surface area (Å²) < 4.78 is 12.8. The van der Waals surface area contributed by atoms with Gasteiger partial charge in [0.2, 0.25) is 5.91 Å². The Hall–Kier alpha value is -1.38. The minimum absolute atomic E-state index is 0.0665. The molecule has 1 unspecified atom stereocenters. The summed E-state index contributed by atoms with van der Waals surface area (Å²) >= 11 is 0. The lowest BCUT2D eigenvalue weighted by atomic mass is 9.77. The van der Waals surface area contributed by atoms with Gasteiger partial charge >= 0.3 is 0 Å². The minimum Gasteiger partial charge on any atom is -0.355 e. The number of carbonyl (C=O) groups is 1. The van der Waals surface area contributed by atoms with Crippen molar-refractivity contribution in [3.63, 3.8) is 0 Å². The lowest BCUT2D eigenvalue weighted by Gasteiger charge is -2.23. The van der Waals surface area contributed by atoms with Crippen molar-refractivity contribution in [1.29, 1.82) is 0 Å². The van der Waals surface area contributed by atoms with E-state index in [-0.39, 0.29) is 17.6 Å². The molecule has 0 spiro atoms. The highest BCUT2D eigenvalue weighted by Crippen LogP contribution is 2.39. The van der Waals surface area contributed by atoms with Crippen molar-refractivity contribution < 1.29 is 9.18 Å². The Bertz CT molecular complexity index is 383. The van der Waals surface area contributed by atoms with E-state index in [1.807, 2.05) is 13.8 Å². The Morgan fingerprint density at radius 1 is 1.33 bits per heavy atom. The number of rotatable bonds is 1. The van der Waals surface area contributed by atoms with E-state index in [1.165, 1.54) is 12.1 Å². The van der Waals surface area contributed by atoms with Gasteiger partial charge in [0, 0.05) is 12.5 Å². The third-order valence-corrected chi connectivity index (χ3v) is 3.20. The van der Waals surface area contributed by atoms with Crippen molar-refractivity contribution in [3.8, 4) is 0 Å². The summed E-state index contributed by atoms with van der Waals surface area (Å²) in [7, 11) is 0. The second-order valence-corrected chi connectivity index (χ2v) is 4.54. The molecular weight excluding hydrogens is 193 g/mol. The van der Waals surface area contributed by atoms with E-state index in [0.717, 1.165) is 5.56 Å². The van der Waals surface area contributed by atoms with Gasteiger partial charge < -0.3 is 5.32 Å². The highest BCUT2D eigenvalue weighted by Gasteiger charge is 2.42. The molecular formula is C12H14FNO. The van der Waals surface area contributed by atoms with Gasteiger partial charge in [0.1, 0.15) is 5.82 Å². The van der Waals surface area contributed by atoms with Gasteiger partial charge in [-0.1, -0.05) is 26.0 Å². The predicted molar refractivity (Wildman–Crippen MR) is 55.9 cm³/mol. The molecule has 80 valence electrons. The van der Waals surface area contributed by atoms with Gasteiger partial charge in [0.25, 0.3) is 0 Å². The van der Waals surface area contributed by atoms with Crippen LogP contribution in [0.15, 0.2) is 24.3 Å². The maximum atomic E-state index is 12.8. The summed E-state index contributed by atoms with van der Waals surface area (Å²) in [5.74, 6) is -0.0451. The molecule has 1 N–H and O–H groups in total. The van der Waals surface area contributed by atoms with Gasteiger partial charge in [0.15, 0.2) is 0 Å². The molecule has 2 nitrogen and oxygen atoms in total. The number of amides is 1. The van der Waals surface area contributed by atoms with Crippen molar-refractivity contribution in [2.45, 2.75) is 19.8 Å². The van der Waals surface area contributed by atoms with E-state index in [1.54, 1.807) is 12.1 Å². The summed E-state index contributed by atoms with van der Waals surface area (Å²) in [4.78, 5) is 11.6. The molecule has 0 radical (unpaired) electrons. The number of nitrogens with one attached hydrogen (secondary N) is 1. The fraction of sp³-hybridized carbons (Fsp3) is 0.417. The summed E-state index contributed by atoms with van der Waals surface area (Å²) in [5, 5.41) is 2.84. The van der Waals surface area contributed by atoms with Gasteiger partial charge in [0.05, 0.1) is 5.41 Å². The third-order valence-electron chi connectivity index (χ3n) is 3.20. The van der Waals surface area contributed by atoms with Crippen molar-refractivity contribution in [1.82, 2.24) is 5.32 Å². The Kier molecular flexibility index (Phi) is 2.25. The topological polar surface area (TPSA) is 29.1 Å². The predicted octanol–water partition coefficient (Wildman–Crippen LogP) is 2.07. The zero-order valence-corrected chi connectivity index (χ0v) is 8.88. The van der Waals surface area contributed by atoms with Crippen LogP contribution in [-0.4, -0.2) is 12.5 Å². The van der Waals surface area contributed by atoms with Gasteiger partial charge in [-0.05, 0) is 17.7 Å². The summed E-state index contributed by atoms with van der Waals surface area (Å²) in [5.41, 5.74) is 0.609. The Morgan fingerprint density at radius 2 is 1.93 bits per heavy atom. The van der Waals surface area contributed by atoms with Crippen LogP contribution in [0.2, 0.25) is 0 Å². The smallest absolute Gasteiger partial charge is 0.226 e. The molecule has 1 amide bonds. The molecule has 1 aliphatic heterocycles. The lowest BCUT2D eigenvalue weighted by Crippen LogP contribution is -2.27. The second kappa shape index (κ2) is 3.33. The van der Waals surface area contributed by atoms with Crippen LogP contribution in [0.3, 0.4) is 0 Å². The van der Waals surface area contributed by atoms with E-state index < -0.39 is 5.41 Å². The van der Waals surface area contributed by atoms with Crippen LogP contribution in [0.1, 0.15) is 25.3 Å². The number of carbonyl (C=O) groups excluding carboxylic acids is 1. The summed E-state index contributed by atoms with van der Waals surface area (Å²) in [6, 6.07) is 6.38. The summed E-state index contributed by atoms with van der Waals surface area (Å²) in [6.07, 6.45) is 0. The standard InChI is InChI=1S/C12H14FNO/c1-12(2)10(7-14-11(12)15)8-3-5-9(13)6-4-8/h3-6,10H,7H2,1-2H3,(H,14,15). The van der Waals surface area contributed by atoms with Crippen LogP contribution < -0.4 is 5.32 Å². The van der Waals surface area contributed by atoms with E-state index in [9.17, 15) is 9.18 Å². The van der Waals surface area contributed by atoms with Crippen LogP contribution in [0.4, 0.5) is 4.39 Å². The van der Waals surface area contributed by atoms with Crippen molar-refractivity contribution in [2.24, 2.45) is 5.41 Å². The first kappa shape index (κ1) is 10.1. The van der Waals surface area contributed by atoms with Gasteiger partial charge in [-0.3, -0.25) is 4.79 Å². The minimum atomic E-state index is -0.405. The molecule has 3 heteroatoms. The molecule has 0 saturated carbocycles. The Balaban J connectivity index is 2.32. The first-order chi connectivity index (χ1) is 7.01. The van der Waals surface area contributed by atoms with Crippen LogP contribution in [-0.2, 0) is 4.79 Å².